The lowest BCUT2D eigenvalue weighted by Gasteiger charge is -2.34. The molecule has 5 heteroatoms. The van der Waals surface area contributed by atoms with Crippen LogP contribution >= 0.6 is 0 Å². The Balaban J connectivity index is 2.12. The van der Waals surface area contributed by atoms with Crippen molar-refractivity contribution in [1.82, 2.24) is 15.2 Å². The zero-order valence-electron chi connectivity index (χ0n) is 12.3. The van der Waals surface area contributed by atoms with E-state index in [1.54, 1.807) is 6.07 Å². The number of nitrogens with two attached hydrogens (primary N) is 1. The summed E-state index contributed by atoms with van der Waals surface area (Å²) in [6, 6.07) is 7.25. The highest BCUT2D eigenvalue weighted by Gasteiger charge is 2.28. The molecule has 0 spiro atoms. The van der Waals surface area contributed by atoms with Gasteiger partial charge < -0.3 is 9.80 Å². The van der Waals surface area contributed by atoms with Crippen molar-refractivity contribution >= 4 is 0 Å². The average Bonchev–Trinajstić information content (AvgIpc) is 2.60. The van der Waals surface area contributed by atoms with E-state index in [4.69, 9.17) is 5.84 Å². The van der Waals surface area contributed by atoms with Crippen molar-refractivity contribution in [3.05, 3.63) is 35.6 Å². The van der Waals surface area contributed by atoms with Crippen LogP contribution in [0.1, 0.15) is 12.0 Å². The van der Waals surface area contributed by atoms with Gasteiger partial charge in [-0.05, 0) is 51.7 Å². The Morgan fingerprint density at radius 2 is 2.10 bits per heavy atom. The van der Waals surface area contributed by atoms with Crippen LogP contribution in [-0.2, 0) is 6.42 Å². The second-order valence-electron chi connectivity index (χ2n) is 5.73. The minimum Gasteiger partial charge on any atom is -0.305 e. The van der Waals surface area contributed by atoms with Gasteiger partial charge in [-0.25, -0.2) is 4.39 Å². The first-order valence-electron chi connectivity index (χ1n) is 7.20. The van der Waals surface area contributed by atoms with E-state index in [1.807, 2.05) is 12.1 Å². The van der Waals surface area contributed by atoms with E-state index in [0.29, 0.717) is 6.42 Å². The topological polar surface area (TPSA) is 44.5 Å². The van der Waals surface area contributed by atoms with Crippen molar-refractivity contribution in [2.24, 2.45) is 5.84 Å². The number of halogens is 1. The van der Waals surface area contributed by atoms with E-state index in [-0.39, 0.29) is 17.9 Å². The molecule has 2 atom stereocenters. The van der Waals surface area contributed by atoms with Crippen molar-refractivity contribution in [1.29, 1.82) is 0 Å². The number of hydrogen-bond donors (Lipinski definition) is 2. The van der Waals surface area contributed by atoms with Gasteiger partial charge in [-0.2, -0.15) is 0 Å². The van der Waals surface area contributed by atoms with Crippen molar-refractivity contribution in [2.45, 2.75) is 24.9 Å². The van der Waals surface area contributed by atoms with Crippen molar-refractivity contribution in [2.75, 3.05) is 33.7 Å². The highest BCUT2D eigenvalue weighted by molar-refractivity contribution is 5.19. The molecule has 0 saturated carbocycles. The Labute approximate surface area is 120 Å². The first kappa shape index (κ1) is 15.4. The molecule has 0 aliphatic carbocycles. The summed E-state index contributed by atoms with van der Waals surface area (Å²) in [5, 5.41) is 0. The molecule has 20 heavy (non-hydrogen) atoms. The Bertz CT molecular complexity index is 426. The molecule has 1 aliphatic heterocycles. The number of benzene rings is 1. The molecule has 1 aromatic rings. The van der Waals surface area contributed by atoms with Crippen molar-refractivity contribution in [3.63, 3.8) is 0 Å². The summed E-state index contributed by atoms with van der Waals surface area (Å²) < 4.78 is 13.8. The molecule has 1 saturated heterocycles. The molecule has 0 radical (unpaired) electrons. The van der Waals surface area contributed by atoms with Crippen LogP contribution in [0.25, 0.3) is 0 Å². The predicted molar refractivity (Wildman–Crippen MR) is 79.7 cm³/mol. The number of nitrogens with one attached hydrogen (secondary N) is 1. The fraction of sp³-hybridized carbons (Fsp3) is 0.600. The van der Waals surface area contributed by atoms with Crippen LogP contribution in [0.3, 0.4) is 0 Å². The van der Waals surface area contributed by atoms with Gasteiger partial charge in [-0.3, -0.25) is 11.3 Å². The summed E-state index contributed by atoms with van der Waals surface area (Å²) in [7, 11) is 4.25. The van der Waals surface area contributed by atoms with Crippen molar-refractivity contribution in [3.8, 4) is 0 Å². The maximum absolute atomic E-state index is 13.8. The van der Waals surface area contributed by atoms with Gasteiger partial charge in [0.1, 0.15) is 5.82 Å². The van der Waals surface area contributed by atoms with Gasteiger partial charge in [0.2, 0.25) is 0 Å². The molecule has 2 unspecified atom stereocenters. The Morgan fingerprint density at radius 1 is 1.35 bits per heavy atom. The quantitative estimate of drug-likeness (QED) is 0.633. The van der Waals surface area contributed by atoms with E-state index in [9.17, 15) is 4.39 Å². The second-order valence-corrected chi connectivity index (χ2v) is 5.73. The molecule has 1 heterocycles. The smallest absolute Gasteiger partial charge is 0.126 e. The molecule has 2 rings (SSSR count). The van der Waals surface area contributed by atoms with Gasteiger partial charge in [0.15, 0.2) is 0 Å². The lowest BCUT2D eigenvalue weighted by Crippen LogP contribution is -2.55. The Morgan fingerprint density at radius 3 is 2.80 bits per heavy atom. The standard InChI is InChI=1S/C15H25FN4/c1-19-8-5-9-20(2)15(11-19)14(18-17)10-12-6-3-4-7-13(12)16/h3-4,6-7,14-15,18H,5,8-11,17H2,1-2H3. The highest BCUT2D eigenvalue weighted by atomic mass is 19.1. The fourth-order valence-corrected chi connectivity index (χ4v) is 2.95. The zero-order valence-corrected chi connectivity index (χ0v) is 12.3. The molecule has 0 bridgehead atoms. The highest BCUT2D eigenvalue weighted by Crippen LogP contribution is 2.16. The molecule has 1 aromatic carbocycles. The Hall–Kier alpha value is -1.01. The minimum atomic E-state index is -0.155. The van der Waals surface area contributed by atoms with Crippen LogP contribution < -0.4 is 11.3 Å². The second kappa shape index (κ2) is 7.13. The SMILES string of the molecule is CN1CCCN(C)C(C(Cc2ccccc2F)NN)C1. The third-order valence-corrected chi connectivity index (χ3v) is 4.19. The number of likely N-dealkylation sites (N-methyl/N-ethyl adjacent to an activating group) is 2. The summed E-state index contributed by atoms with van der Waals surface area (Å²) in [5.74, 6) is 5.59. The Kier molecular flexibility index (Phi) is 5.48. The van der Waals surface area contributed by atoms with Crippen LogP contribution in [0.2, 0.25) is 0 Å². The number of hydrazine groups is 1. The number of rotatable bonds is 4. The van der Waals surface area contributed by atoms with Gasteiger partial charge in [0.05, 0.1) is 0 Å². The maximum atomic E-state index is 13.8. The van der Waals surface area contributed by atoms with Crippen molar-refractivity contribution < 1.29 is 4.39 Å². The predicted octanol–water partition coefficient (Wildman–Crippen LogP) is 0.836. The normalized spacial score (nSPS) is 23.5. The minimum absolute atomic E-state index is 0.0393. The summed E-state index contributed by atoms with van der Waals surface area (Å²) in [6.07, 6.45) is 1.76. The van der Waals surface area contributed by atoms with Crippen LogP contribution in [0.15, 0.2) is 24.3 Å². The molecule has 1 aliphatic rings. The maximum Gasteiger partial charge on any atom is 0.126 e. The third kappa shape index (κ3) is 3.76. The van der Waals surface area contributed by atoms with E-state index in [0.717, 1.165) is 31.6 Å². The van der Waals surface area contributed by atoms with Crippen LogP contribution in [0.5, 0.6) is 0 Å². The van der Waals surface area contributed by atoms with E-state index in [1.165, 1.54) is 6.07 Å². The van der Waals surface area contributed by atoms with Gasteiger partial charge in [-0.15, -0.1) is 0 Å². The lowest BCUT2D eigenvalue weighted by atomic mass is 9.98. The molecule has 0 amide bonds. The monoisotopic (exact) mass is 280 g/mol. The summed E-state index contributed by atoms with van der Waals surface area (Å²) in [6.45, 7) is 3.09. The fourth-order valence-electron chi connectivity index (χ4n) is 2.95. The van der Waals surface area contributed by atoms with Gasteiger partial charge in [0.25, 0.3) is 0 Å². The number of nitrogens with zero attached hydrogens (tertiary/aromatic N) is 2. The van der Waals surface area contributed by atoms with E-state index in [2.05, 4.69) is 29.3 Å². The van der Waals surface area contributed by atoms with Crippen LogP contribution in [0.4, 0.5) is 4.39 Å². The summed E-state index contributed by atoms with van der Waals surface area (Å²) in [4.78, 5) is 4.65. The van der Waals surface area contributed by atoms with Crippen LogP contribution in [-0.4, -0.2) is 55.6 Å². The molecule has 0 aromatic heterocycles. The molecular weight excluding hydrogens is 255 g/mol. The third-order valence-electron chi connectivity index (χ3n) is 4.19. The lowest BCUT2D eigenvalue weighted by molar-refractivity contribution is 0.177. The molecule has 112 valence electrons. The molecule has 1 fully saturated rings. The molecule has 4 nitrogen and oxygen atoms in total. The first-order valence-corrected chi connectivity index (χ1v) is 7.20. The summed E-state index contributed by atoms with van der Waals surface area (Å²) >= 11 is 0. The summed E-state index contributed by atoms with van der Waals surface area (Å²) in [5.41, 5.74) is 3.61. The van der Waals surface area contributed by atoms with Crippen LogP contribution in [0, 0.1) is 5.82 Å². The van der Waals surface area contributed by atoms with Gasteiger partial charge in [0, 0.05) is 18.6 Å². The first-order chi connectivity index (χ1) is 9.61. The molecule has 3 N–H and O–H groups in total. The van der Waals surface area contributed by atoms with E-state index < -0.39 is 0 Å². The zero-order chi connectivity index (χ0) is 14.5. The van der Waals surface area contributed by atoms with Gasteiger partial charge in [-0.1, -0.05) is 18.2 Å². The van der Waals surface area contributed by atoms with E-state index >= 15 is 0 Å². The molecular formula is C15H25FN4. The largest absolute Gasteiger partial charge is 0.305 e. The number of hydrogen-bond acceptors (Lipinski definition) is 4. The average molecular weight is 280 g/mol. The van der Waals surface area contributed by atoms with Gasteiger partial charge >= 0.3 is 0 Å².